The van der Waals surface area contributed by atoms with Crippen LogP contribution in [-0.4, -0.2) is 44.0 Å². The van der Waals surface area contributed by atoms with E-state index in [0.29, 0.717) is 35.2 Å². The van der Waals surface area contributed by atoms with Crippen molar-refractivity contribution in [3.05, 3.63) is 58.6 Å². The number of carbonyl (C=O) groups is 2. The van der Waals surface area contributed by atoms with Gasteiger partial charge in [0.15, 0.2) is 11.5 Å². The molecule has 142 valence electrons. The lowest BCUT2D eigenvalue weighted by Gasteiger charge is -2.35. The van der Waals surface area contributed by atoms with Crippen molar-refractivity contribution < 1.29 is 19.1 Å². The molecule has 6 nitrogen and oxygen atoms in total. The van der Waals surface area contributed by atoms with Crippen LogP contribution in [0, 0.1) is 0 Å². The Bertz CT molecular complexity index is 856. The summed E-state index contributed by atoms with van der Waals surface area (Å²) in [5, 5.41) is 3.35. The molecule has 27 heavy (non-hydrogen) atoms. The fourth-order valence-electron chi connectivity index (χ4n) is 3.21. The van der Waals surface area contributed by atoms with E-state index in [9.17, 15) is 9.59 Å². The molecule has 3 rings (SSSR count). The molecule has 1 heterocycles. The number of rotatable bonds is 5. The molecule has 0 spiro atoms. The molecular weight excluding hydrogens is 368 g/mol. The van der Waals surface area contributed by atoms with Crippen LogP contribution in [0.4, 0.5) is 0 Å². The Balaban J connectivity index is 1.84. The molecule has 0 radical (unpaired) electrons. The molecule has 1 aliphatic heterocycles. The third kappa shape index (κ3) is 4.17. The van der Waals surface area contributed by atoms with Crippen molar-refractivity contribution in [3.8, 4) is 11.5 Å². The third-order valence-electron chi connectivity index (χ3n) is 4.50. The van der Waals surface area contributed by atoms with Gasteiger partial charge < -0.3 is 19.7 Å². The van der Waals surface area contributed by atoms with Crippen molar-refractivity contribution in [1.82, 2.24) is 10.2 Å². The SMILES string of the molecule is COc1ccc(CC(=O)N2CCNC(=O)C2c2cccc(Cl)c2)cc1OC. The molecule has 0 aromatic heterocycles. The van der Waals surface area contributed by atoms with Crippen molar-refractivity contribution in [2.75, 3.05) is 27.3 Å². The lowest BCUT2D eigenvalue weighted by atomic mass is 10.0. The highest BCUT2D eigenvalue weighted by Crippen LogP contribution is 2.29. The van der Waals surface area contributed by atoms with Crippen LogP contribution in [0.5, 0.6) is 11.5 Å². The largest absolute Gasteiger partial charge is 0.493 e. The molecule has 2 aromatic rings. The van der Waals surface area contributed by atoms with Gasteiger partial charge in [0, 0.05) is 18.1 Å². The Morgan fingerprint density at radius 2 is 1.96 bits per heavy atom. The summed E-state index contributed by atoms with van der Waals surface area (Å²) in [4.78, 5) is 27.0. The van der Waals surface area contributed by atoms with Gasteiger partial charge in [0.25, 0.3) is 0 Å². The first kappa shape index (κ1) is 19.0. The van der Waals surface area contributed by atoms with Crippen LogP contribution in [0.2, 0.25) is 5.02 Å². The number of hydrogen-bond acceptors (Lipinski definition) is 4. The van der Waals surface area contributed by atoms with E-state index >= 15 is 0 Å². The van der Waals surface area contributed by atoms with E-state index in [1.54, 1.807) is 55.5 Å². The minimum Gasteiger partial charge on any atom is -0.493 e. The zero-order valence-corrected chi connectivity index (χ0v) is 16.0. The average molecular weight is 389 g/mol. The topological polar surface area (TPSA) is 67.9 Å². The summed E-state index contributed by atoms with van der Waals surface area (Å²) in [5.74, 6) is 0.819. The minimum absolute atomic E-state index is 0.137. The molecule has 2 amide bonds. The van der Waals surface area contributed by atoms with Gasteiger partial charge >= 0.3 is 0 Å². The van der Waals surface area contributed by atoms with Gasteiger partial charge in [-0.2, -0.15) is 0 Å². The summed E-state index contributed by atoms with van der Waals surface area (Å²) in [6.07, 6.45) is 0.157. The number of halogens is 1. The quantitative estimate of drug-likeness (QED) is 0.854. The molecule has 2 aromatic carbocycles. The van der Waals surface area contributed by atoms with Gasteiger partial charge in [-0.1, -0.05) is 29.8 Å². The minimum atomic E-state index is -0.690. The zero-order chi connectivity index (χ0) is 19.4. The first-order valence-electron chi connectivity index (χ1n) is 8.57. The molecule has 1 N–H and O–H groups in total. The van der Waals surface area contributed by atoms with Crippen molar-refractivity contribution in [2.24, 2.45) is 0 Å². The first-order chi connectivity index (χ1) is 13.0. The van der Waals surface area contributed by atoms with E-state index in [4.69, 9.17) is 21.1 Å². The Hall–Kier alpha value is -2.73. The summed E-state index contributed by atoms with van der Waals surface area (Å²) < 4.78 is 10.5. The van der Waals surface area contributed by atoms with Crippen LogP contribution in [0.3, 0.4) is 0 Å². The molecule has 1 atom stereocenters. The number of ether oxygens (including phenoxy) is 2. The van der Waals surface area contributed by atoms with Crippen molar-refractivity contribution in [1.29, 1.82) is 0 Å². The molecule has 1 saturated heterocycles. The van der Waals surface area contributed by atoms with Crippen LogP contribution in [0.15, 0.2) is 42.5 Å². The summed E-state index contributed by atoms with van der Waals surface area (Å²) in [6.45, 7) is 0.864. The molecule has 1 fully saturated rings. The Morgan fingerprint density at radius 1 is 1.19 bits per heavy atom. The van der Waals surface area contributed by atoms with Gasteiger partial charge in [0.05, 0.1) is 20.6 Å². The van der Waals surface area contributed by atoms with E-state index in [0.717, 1.165) is 5.56 Å². The maximum atomic E-state index is 13.0. The van der Waals surface area contributed by atoms with E-state index in [2.05, 4.69) is 5.32 Å². The van der Waals surface area contributed by atoms with E-state index < -0.39 is 6.04 Å². The normalized spacial score (nSPS) is 16.6. The predicted octanol–water partition coefficient (Wildman–Crippen LogP) is 2.60. The lowest BCUT2D eigenvalue weighted by molar-refractivity contribution is -0.143. The summed E-state index contributed by atoms with van der Waals surface area (Å²) >= 11 is 6.07. The van der Waals surface area contributed by atoms with Gasteiger partial charge in [-0.05, 0) is 35.4 Å². The average Bonchev–Trinajstić information content (AvgIpc) is 2.67. The van der Waals surface area contributed by atoms with Gasteiger partial charge in [0.2, 0.25) is 11.8 Å². The van der Waals surface area contributed by atoms with E-state index in [1.165, 1.54) is 0 Å². The van der Waals surface area contributed by atoms with Crippen LogP contribution < -0.4 is 14.8 Å². The molecule has 0 aliphatic carbocycles. The maximum Gasteiger partial charge on any atom is 0.247 e. The molecule has 7 heteroatoms. The smallest absolute Gasteiger partial charge is 0.247 e. The zero-order valence-electron chi connectivity index (χ0n) is 15.2. The summed E-state index contributed by atoms with van der Waals surface area (Å²) in [5.41, 5.74) is 1.48. The van der Waals surface area contributed by atoms with Crippen molar-refractivity contribution in [2.45, 2.75) is 12.5 Å². The third-order valence-corrected chi connectivity index (χ3v) is 4.74. The molecule has 1 unspecified atom stereocenters. The summed E-state index contributed by atoms with van der Waals surface area (Å²) in [6, 6.07) is 11.7. The van der Waals surface area contributed by atoms with Gasteiger partial charge in [0.1, 0.15) is 6.04 Å². The number of nitrogens with one attached hydrogen (secondary N) is 1. The van der Waals surface area contributed by atoms with E-state index in [-0.39, 0.29) is 18.2 Å². The van der Waals surface area contributed by atoms with Crippen LogP contribution in [0.1, 0.15) is 17.2 Å². The van der Waals surface area contributed by atoms with Crippen LogP contribution in [-0.2, 0) is 16.0 Å². The second-order valence-corrected chi connectivity index (χ2v) is 6.64. The highest BCUT2D eigenvalue weighted by atomic mass is 35.5. The number of piperazine rings is 1. The molecule has 0 saturated carbocycles. The van der Waals surface area contributed by atoms with Gasteiger partial charge in [-0.15, -0.1) is 0 Å². The van der Waals surface area contributed by atoms with Gasteiger partial charge in [-0.3, -0.25) is 9.59 Å². The number of benzene rings is 2. The molecular formula is C20H21ClN2O4. The molecule has 1 aliphatic rings. The highest BCUT2D eigenvalue weighted by molar-refractivity contribution is 6.30. The second-order valence-electron chi connectivity index (χ2n) is 6.20. The number of nitrogens with zero attached hydrogens (tertiary/aromatic N) is 1. The van der Waals surface area contributed by atoms with Gasteiger partial charge in [-0.25, -0.2) is 0 Å². The number of amides is 2. The second kappa shape index (κ2) is 8.31. The lowest BCUT2D eigenvalue weighted by Crippen LogP contribution is -2.52. The number of methoxy groups -OCH3 is 2. The van der Waals surface area contributed by atoms with E-state index in [1.807, 2.05) is 6.07 Å². The monoisotopic (exact) mass is 388 g/mol. The standard InChI is InChI=1S/C20H21ClN2O4/c1-26-16-7-6-13(10-17(16)27-2)11-18(24)23-9-8-22-20(25)19(23)14-4-3-5-15(21)12-14/h3-7,10,12,19H,8-9,11H2,1-2H3,(H,22,25). The Labute approximate surface area is 163 Å². The highest BCUT2D eigenvalue weighted by Gasteiger charge is 2.34. The Kier molecular flexibility index (Phi) is 5.86. The fourth-order valence-corrected chi connectivity index (χ4v) is 3.41. The predicted molar refractivity (Wildman–Crippen MR) is 102 cm³/mol. The number of carbonyl (C=O) groups excluding carboxylic acids is 2. The van der Waals surface area contributed by atoms with Crippen LogP contribution >= 0.6 is 11.6 Å². The Morgan fingerprint density at radius 3 is 2.67 bits per heavy atom. The summed E-state index contributed by atoms with van der Waals surface area (Å²) in [7, 11) is 3.11. The van der Waals surface area contributed by atoms with Crippen LogP contribution in [0.25, 0.3) is 0 Å². The molecule has 0 bridgehead atoms. The number of hydrogen-bond donors (Lipinski definition) is 1. The van der Waals surface area contributed by atoms with Crippen molar-refractivity contribution >= 4 is 23.4 Å². The fraction of sp³-hybridized carbons (Fsp3) is 0.300. The first-order valence-corrected chi connectivity index (χ1v) is 8.95. The maximum absolute atomic E-state index is 13.0. The van der Waals surface area contributed by atoms with Crippen molar-refractivity contribution in [3.63, 3.8) is 0 Å².